The monoisotopic (exact) mass is 395 g/mol. The van der Waals surface area contributed by atoms with E-state index in [1.807, 2.05) is 0 Å². The standard InChI is InChI=1S/C18H22FN5O2.ClH/c1-26-15-3-2-13(10-14(15)19)18(25)23-7-4-12(5-8-23)17-22-21-16-11-20-6-9-24(16)17;/h2-3,10,12,20H,4-9,11H2,1H3;1H. The summed E-state index contributed by atoms with van der Waals surface area (Å²) in [7, 11) is 1.41. The van der Waals surface area contributed by atoms with Crippen molar-refractivity contribution >= 4 is 18.3 Å². The predicted molar refractivity (Wildman–Crippen MR) is 99.8 cm³/mol. The number of benzene rings is 1. The summed E-state index contributed by atoms with van der Waals surface area (Å²) in [4.78, 5) is 14.4. The van der Waals surface area contributed by atoms with Crippen LogP contribution in [0.3, 0.4) is 0 Å². The summed E-state index contributed by atoms with van der Waals surface area (Å²) in [6.07, 6.45) is 1.69. The highest BCUT2D eigenvalue weighted by atomic mass is 35.5. The fourth-order valence-corrected chi connectivity index (χ4v) is 3.74. The lowest BCUT2D eigenvalue weighted by atomic mass is 9.95. The molecule has 0 unspecified atom stereocenters. The van der Waals surface area contributed by atoms with Gasteiger partial charge in [-0.2, -0.15) is 0 Å². The molecule has 3 heterocycles. The fourth-order valence-electron chi connectivity index (χ4n) is 3.74. The van der Waals surface area contributed by atoms with Gasteiger partial charge in [0.05, 0.1) is 13.7 Å². The smallest absolute Gasteiger partial charge is 0.253 e. The molecule has 0 radical (unpaired) electrons. The average Bonchev–Trinajstić information content (AvgIpc) is 3.11. The number of methoxy groups -OCH3 is 1. The van der Waals surface area contributed by atoms with E-state index in [9.17, 15) is 9.18 Å². The van der Waals surface area contributed by atoms with Crippen molar-refractivity contribution in [3.63, 3.8) is 0 Å². The van der Waals surface area contributed by atoms with Gasteiger partial charge in [0.1, 0.15) is 11.6 Å². The molecule has 0 bridgehead atoms. The summed E-state index contributed by atoms with van der Waals surface area (Å²) < 4.78 is 21.0. The van der Waals surface area contributed by atoms with Gasteiger partial charge >= 0.3 is 0 Å². The fraction of sp³-hybridized carbons (Fsp3) is 0.500. The highest BCUT2D eigenvalue weighted by Crippen LogP contribution is 2.29. The van der Waals surface area contributed by atoms with Gasteiger partial charge in [0, 0.05) is 37.7 Å². The number of hydrogen-bond donors (Lipinski definition) is 1. The first-order chi connectivity index (χ1) is 12.7. The number of ether oxygens (including phenoxy) is 1. The Hall–Kier alpha value is -2.19. The number of aromatic nitrogens is 3. The van der Waals surface area contributed by atoms with Crippen LogP contribution in [-0.4, -0.2) is 52.3 Å². The molecule has 2 aliphatic heterocycles. The molecule has 1 aromatic carbocycles. The van der Waals surface area contributed by atoms with Gasteiger partial charge in [0.15, 0.2) is 11.6 Å². The van der Waals surface area contributed by atoms with Crippen molar-refractivity contribution in [2.45, 2.75) is 31.8 Å². The van der Waals surface area contributed by atoms with Crippen molar-refractivity contribution in [3.05, 3.63) is 41.2 Å². The molecule has 4 rings (SSSR count). The maximum absolute atomic E-state index is 13.9. The summed E-state index contributed by atoms with van der Waals surface area (Å²) >= 11 is 0. The molecule has 0 aliphatic carbocycles. The predicted octanol–water partition coefficient (Wildman–Crippen LogP) is 1.97. The molecular formula is C18H23ClFN5O2. The molecule has 7 nitrogen and oxygen atoms in total. The molecule has 1 saturated heterocycles. The van der Waals surface area contributed by atoms with E-state index in [4.69, 9.17) is 4.74 Å². The number of carbonyl (C=O) groups is 1. The minimum atomic E-state index is -0.517. The summed E-state index contributed by atoms with van der Waals surface area (Å²) in [6.45, 7) is 3.85. The number of hydrogen-bond acceptors (Lipinski definition) is 5. The number of piperidine rings is 1. The van der Waals surface area contributed by atoms with E-state index < -0.39 is 5.82 Å². The zero-order valence-corrected chi connectivity index (χ0v) is 16.0. The lowest BCUT2D eigenvalue weighted by Crippen LogP contribution is -2.39. The molecule has 2 aliphatic rings. The molecule has 27 heavy (non-hydrogen) atoms. The quantitative estimate of drug-likeness (QED) is 0.860. The lowest BCUT2D eigenvalue weighted by Gasteiger charge is -2.32. The highest BCUT2D eigenvalue weighted by Gasteiger charge is 2.29. The topological polar surface area (TPSA) is 72.3 Å². The van der Waals surface area contributed by atoms with E-state index in [1.165, 1.54) is 19.2 Å². The molecule has 9 heteroatoms. The second-order valence-corrected chi connectivity index (χ2v) is 6.72. The van der Waals surface area contributed by atoms with Gasteiger partial charge in [0.2, 0.25) is 0 Å². The second-order valence-electron chi connectivity index (χ2n) is 6.72. The molecule has 0 spiro atoms. The van der Waals surface area contributed by atoms with Crippen molar-refractivity contribution < 1.29 is 13.9 Å². The van der Waals surface area contributed by atoms with Crippen LogP contribution in [0.25, 0.3) is 0 Å². The average molecular weight is 396 g/mol. The second kappa shape index (κ2) is 8.22. The Morgan fingerprint density at radius 3 is 2.74 bits per heavy atom. The van der Waals surface area contributed by atoms with Crippen LogP contribution in [-0.2, 0) is 13.1 Å². The van der Waals surface area contributed by atoms with Gasteiger partial charge in [-0.05, 0) is 31.0 Å². The molecule has 0 atom stereocenters. The Balaban J connectivity index is 0.00000210. The van der Waals surface area contributed by atoms with Crippen LogP contribution in [0.2, 0.25) is 0 Å². The van der Waals surface area contributed by atoms with Crippen LogP contribution < -0.4 is 10.1 Å². The Labute approximate surface area is 163 Å². The van der Waals surface area contributed by atoms with Crippen LogP contribution in [0.4, 0.5) is 4.39 Å². The van der Waals surface area contributed by atoms with E-state index in [0.29, 0.717) is 24.6 Å². The number of amides is 1. The third kappa shape index (κ3) is 3.77. The number of nitrogens with zero attached hydrogens (tertiary/aromatic N) is 4. The van der Waals surface area contributed by atoms with Crippen molar-refractivity contribution in [2.24, 2.45) is 0 Å². The largest absolute Gasteiger partial charge is 0.494 e. The van der Waals surface area contributed by atoms with E-state index in [-0.39, 0.29) is 24.1 Å². The van der Waals surface area contributed by atoms with E-state index in [2.05, 4.69) is 20.1 Å². The first kappa shape index (κ1) is 19.6. The van der Waals surface area contributed by atoms with Gasteiger partial charge in [-0.1, -0.05) is 0 Å². The zero-order chi connectivity index (χ0) is 18.1. The SMILES string of the molecule is COc1ccc(C(=O)N2CCC(c3nnc4n3CCNC4)CC2)cc1F.Cl. The summed E-state index contributed by atoms with van der Waals surface area (Å²) in [5.74, 6) is 1.81. The Morgan fingerprint density at radius 2 is 2.04 bits per heavy atom. The van der Waals surface area contributed by atoms with Crippen molar-refractivity contribution in [1.82, 2.24) is 25.0 Å². The summed E-state index contributed by atoms with van der Waals surface area (Å²) in [5.41, 5.74) is 0.354. The number of fused-ring (bicyclic) bond motifs is 1. The molecule has 1 fully saturated rings. The van der Waals surface area contributed by atoms with Crippen LogP contribution in [0.15, 0.2) is 18.2 Å². The highest BCUT2D eigenvalue weighted by molar-refractivity contribution is 5.94. The van der Waals surface area contributed by atoms with Gasteiger partial charge < -0.3 is 19.5 Å². The zero-order valence-electron chi connectivity index (χ0n) is 15.2. The lowest BCUT2D eigenvalue weighted by molar-refractivity contribution is 0.0709. The Bertz CT molecular complexity index is 820. The van der Waals surface area contributed by atoms with Crippen LogP contribution in [0.5, 0.6) is 5.75 Å². The normalized spacial score (nSPS) is 17.2. The molecule has 2 aromatic rings. The summed E-state index contributed by atoms with van der Waals surface area (Å²) in [5, 5.41) is 12.0. The van der Waals surface area contributed by atoms with Crippen LogP contribution in [0.1, 0.15) is 40.8 Å². The van der Waals surface area contributed by atoms with E-state index in [0.717, 1.165) is 44.1 Å². The minimum absolute atomic E-state index is 0. The number of halogens is 2. The van der Waals surface area contributed by atoms with Crippen LogP contribution in [0, 0.1) is 5.82 Å². The summed E-state index contributed by atoms with van der Waals surface area (Å²) in [6, 6.07) is 4.35. The molecule has 1 N–H and O–H groups in total. The van der Waals surface area contributed by atoms with E-state index in [1.54, 1.807) is 11.0 Å². The molecule has 0 saturated carbocycles. The Kier molecular flexibility index (Phi) is 5.96. The first-order valence-corrected chi connectivity index (χ1v) is 8.93. The molecular weight excluding hydrogens is 373 g/mol. The van der Waals surface area contributed by atoms with Gasteiger partial charge in [-0.15, -0.1) is 22.6 Å². The number of likely N-dealkylation sites (tertiary alicyclic amines) is 1. The van der Waals surface area contributed by atoms with Crippen molar-refractivity contribution in [3.8, 4) is 5.75 Å². The number of nitrogens with one attached hydrogen (secondary N) is 1. The van der Waals surface area contributed by atoms with Gasteiger partial charge in [-0.3, -0.25) is 4.79 Å². The number of carbonyl (C=O) groups excluding carboxylic acids is 1. The Morgan fingerprint density at radius 1 is 1.26 bits per heavy atom. The number of rotatable bonds is 3. The van der Waals surface area contributed by atoms with E-state index >= 15 is 0 Å². The van der Waals surface area contributed by atoms with Crippen molar-refractivity contribution in [2.75, 3.05) is 26.7 Å². The van der Waals surface area contributed by atoms with Gasteiger partial charge in [0.25, 0.3) is 5.91 Å². The van der Waals surface area contributed by atoms with Gasteiger partial charge in [-0.25, -0.2) is 4.39 Å². The third-order valence-electron chi connectivity index (χ3n) is 5.20. The van der Waals surface area contributed by atoms with Crippen LogP contribution >= 0.6 is 12.4 Å². The van der Waals surface area contributed by atoms with Crippen molar-refractivity contribution in [1.29, 1.82) is 0 Å². The first-order valence-electron chi connectivity index (χ1n) is 8.93. The minimum Gasteiger partial charge on any atom is -0.494 e. The maximum Gasteiger partial charge on any atom is 0.253 e. The third-order valence-corrected chi connectivity index (χ3v) is 5.20. The molecule has 146 valence electrons. The maximum atomic E-state index is 13.9. The molecule has 1 aromatic heterocycles. The molecule has 1 amide bonds.